The highest BCUT2D eigenvalue weighted by Gasteiger charge is 2.13. The van der Waals surface area contributed by atoms with Gasteiger partial charge in [0.15, 0.2) is 17.2 Å². The van der Waals surface area contributed by atoms with E-state index in [0.717, 1.165) is 0 Å². The Bertz CT molecular complexity index is 572. The summed E-state index contributed by atoms with van der Waals surface area (Å²) >= 11 is 0. The number of hydrogen-bond acceptors (Lipinski definition) is 6. The van der Waals surface area contributed by atoms with E-state index < -0.39 is 5.97 Å². The van der Waals surface area contributed by atoms with Gasteiger partial charge in [0, 0.05) is 0 Å². The van der Waals surface area contributed by atoms with Crippen molar-refractivity contribution in [3.63, 3.8) is 0 Å². The number of aromatic nitrogens is 2. The maximum atomic E-state index is 11.8. The van der Waals surface area contributed by atoms with Gasteiger partial charge < -0.3 is 15.2 Å². The van der Waals surface area contributed by atoms with Gasteiger partial charge in [0.1, 0.15) is 5.82 Å². The van der Waals surface area contributed by atoms with Crippen LogP contribution in [-0.2, 0) is 0 Å². The van der Waals surface area contributed by atoms with Gasteiger partial charge in [0.2, 0.25) is 0 Å². The number of para-hydroxylation sites is 2. The molecule has 1 aromatic carbocycles. The quantitative estimate of drug-likeness (QED) is 0.647. The van der Waals surface area contributed by atoms with Crippen LogP contribution in [0.1, 0.15) is 10.5 Å². The van der Waals surface area contributed by atoms with Gasteiger partial charge >= 0.3 is 5.97 Å². The first-order valence-corrected chi connectivity index (χ1v) is 5.13. The van der Waals surface area contributed by atoms with Crippen molar-refractivity contribution in [2.75, 3.05) is 12.8 Å². The summed E-state index contributed by atoms with van der Waals surface area (Å²) in [6.45, 7) is 0. The summed E-state index contributed by atoms with van der Waals surface area (Å²) in [5.41, 5.74) is 5.48. The highest BCUT2D eigenvalue weighted by Crippen LogP contribution is 2.26. The molecule has 0 atom stereocenters. The highest BCUT2D eigenvalue weighted by molar-refractivity contribution is 5.89. The van der Waals surface area contributed by atoms with Crippen LogP contribution >= 0.6 is 0 Å². The maximum absolute atomic E-state index is 11.8. The molecular formula is C12H11N3O3. The van der Waals surface area contributed by atoms with Gasteiger partial charge in [-0.2, -0.15) is 0 Å². The molecule has 1 heterocycles. The molecule has 0 unspecified atom stereocenters. The Hall–Kier alpha value is -2.63. The number of nitrogens with two attached hydrogens (primary N) is 1. The Kier molecular flexibility index (Phi) is 3.38. The number of carbonyl (C=O) groups is 1. The molecule has 6 nitrogen and oxygen atoms in total. The fourth-order valence-corrected chi connectivity index (χ4v) is 1.33. The molecule has 2 rings (SSSR count). The first kappa shape index (κ1) is 11.8. The predicted molar refractivity (Wildman–Crippen MR) is 64.4 cm³/mol. The number of carbonyl (C=O) groups excluding carboxylic acids is 1. The van der Waals surface area contributed by atoms with Gasteiger partial charge in [-0.1, -0.05) is 12.1 Å². The summed E-state index contributed by atoms with van der Waals surface area (Å²) in [6, 6.07) is 6.82. The molecule has 18 heavy (non-hydrogen) atoms. The molecule has 0 saturated heterocycles. The first-order chi connectivity index (χ1) is 8.70. The fourth-order valence-electron chi connectivity index (χ4n) is 1.33. The third-order valence-electron chi connectivity index (χ3n) is 2.13. The van der Waals surface area contributed by atoms with E-state index in [1.807, 2.05) is 0 Å². The molecule has 6 heteroatoms. The molecule has 92 valence electrons. The third kappa shape index (κ3) is 2.54. The van der Waals surface area contributed by atoms with Crippen molar-refractivity contribution >= 4 is 11.8 Å². The smallest absolute Gasteiger partial charge is 0.364 e. The zero-order chi connectivity index (χ0) is 13.0. The summed E-state index contributed by atoms with van der Waals surface area (Å²) in [6.07, 6.45) is 2.63. The Morgan fingerprint density at radius 2 is 1.94 bits per heavy atom. The van der Waals surface area contributed by atoms with Crippen LogP contribution in [0.4, 0.5) is 5.82 Å². The average molecular weight is 245 g/mol. The number of rotatable bonds is 3. The van der Waals surface area contributed by atoms with Gasteiger partial charge in [0.25, 0.3) is 0 Å². The zero-order valence-corrected chi connectivity index (χ0v) is 9.66. The van der Waals surface area contributed by atoms with Crippen LogP contribution in [0.25, 0.3) is 0 Å². The van der Waals surface area contributed by atoms with Crippen molar-refractivity contribution in [3.8, 4) is 11.5 Å². The molecule has 0 aliphatic heterocycles. The highest BCUT2D eigenvalue weighted by atomic mass is 16.6. The number of hydrogen-bond donors (Lipinski definition) is 1. The monoisotopic (exact) mass is 245 g/mol. The van der Waals surface area contributed by atoms with Crippen molar-refractivity contribution in [1.29, 1.82) is 0 Å². The molecule has 0 amide bonds. The SMILES string of the molecule is COc1ccccc1OC(=O)c1cncc(N)n1. The van der Waals surface area contributed by atoms with Crippen LogP contribution in [0, 0.1) is 0 Å². The lowest BCUT2D eigenvalue weighted by Crippen LogP contribution is -2.12. The second-order valence-corrected chi connectivity index (χ2v) is 3.37. The Morgan fingerprint density at radius 1 is 1.22 bits per heavy atom. The normalized spacial score (nSPS) is 9.83. The van der Waals surface area contributed by atoms with Crippen LogP contribution < -0.4 is 15.2 Å². The number of esters is 1. The second-order valence-electron chi connectivity index (χ2n) is 3.37. The predicted octanol–water partition coefficient (Wildman–Crippen LogP) is 1.29. The topological polar surface area (TPSA) is 87.3 Å². The minimum Gasteiger partial charge on any atom is -0.493 e. The number of nitrogens with zero attached hydrogens (tertiary/aromatic N) is 2. The van der Waals surface area contributed by atoms with E-state index in [0.29, 0.717) is 11.5 Å². The Labute approximate surface area is 103 Å². The molecule has 2 N–H and O–H groups in total. The van der Waals surface area contributed by atoms with E-state index in [1.54, 1.807) is 24.3 Å². The van der Waals surface area contributed by atoms with Crippen molar-refractivity contribution < 1.29 is 14.3 Å². The Balaban J connectivity index is 2.21. The van der Waals surface area contributed by atoms with Crippen molar-refractivity contribution in [3.05, 3.63) is 42.4 Å². The van der Waals surface area contributed by atoms with Crippen molar-refractivity contribution in [2.24, 2.45) is 0 Å². The molecule has 1 aromatic heterocycles. The first-order valence-electron chi connectivity index (χ1n) is 5.13. The number of methoxy groups -OCH3 is 1. The van der Waals surface area contributed by atoms with Gasteiger partial charge in [-0.15, -0.1) is 0 Å². The molecule has 0 fully saturated rings. The molecule has 0 bridgehead atoms. The van der Waals surface area contributed by atoms with Gasteiger partial charge in [-0.3, -0.25) is 4.98 Å². The summed E-state index contributed by atoms with van der Waals surface area (Å²) in [7, 11) is 1.49. The lowest BCUT2D eigenvalue weighted by Gasteiger charge is -2.08. The van der Waals surface area contributed by atoms with Crippen molar-refractivity contribution in [1.82, 2.24) is 9.97 Å². The number of benzene rings is 1. The van der Waals surface area contributed by atoms with Crippen LogP contribution in [0.2, 0.25) is 0 Å². The minimum absolute atomic E-state index is 0.0425. The molecule has 2 aromatic rings. The standard InChI is InChI=1S/C12H11N3O3/c1-17-9-4-2-3-5-10(9)18-12(16)8-6-14-7-11(13)15-8/h2-7H,1H3,(H2,13,15). The number of anilines is 1. The summed E-state index contributed by atoms with van der Waals surface area (Å²) < 4.78 is 10.2. The molecule has 0 saturated carbocycles. The Morgan fingerprint density at radius 3 is 2.61 bits per heavy atom. The minimum atomic E-state index is -0.640. The van der Waals surface area contributed by atoms with Crippen LogP contribution in [-0.4, -0.2) is 23.0 Å². The van der Waals surface area contributed by atoms with E-state index >= 15 is 0 Å². The van der Waals surface area contributed by atoms with E-state index in [4.69, 9.17) is 15.2 Å². The van der Waals surface area contributed by atoms with Crippen LogP contribution in [0.5, 0.6) is 11.5 Å². The van der Waals surface area contributed by atoms with E-state index in [-0.39, 0.29) is 11.5 Å². The lowest BCUT2D eigenvalue weighted by molar-refractivity contribution is 0.0723. The second kappa shape index (κ2) is 5.13. The van der Waals surface area contributed by atoms with Gasteiger partial charge in [-0.05, 0) is 12.1 Å². The van der Waals surface area contributed by atoms with Gasteiger partial charge in [0.05, 0.1) is 19.5 Å². The molecule has 0 spiro atoms. The van der Waals surface area contributed by atoms with E-state index in [2.05, 4.69) is 9.97 Å². The van der Waals surface area contributed by atoms with E-state index in [1.165, 1.54) is 19.5 Å². The molecular weight excluding hydrogens is 234 g/mol. The fraction of sp³-hybridized carbons (Fsp3) is 0.0833. The molecule has 0 radical (unpaired) electrons. The number of ether oxygens (including phenoxy) is 2. The number of nitrogen functional groups attached to an aromatic ring is 1. The molecule has 0 aliphatic carbocycles. The van der Waals surface area contributed by atoms with E-state index in [9.17, 15) is 4.79 Å². The van der Waals surface area contributed by atoms with Crippen LogP contribution in [0.3, 0.4) is 0 Å². The average Bonchev–Trinajstić information content (AvgIpc) is 2.39. The zero-order valence-electron chi connectivity index (χ0n) is 9.66. The largest absolute Gasteiger partial charge is 0.493 e. The molecule has 0 aliphatic rings. The maximum Gasteiger partial charge on any atom is 0.364 e. The lowest BCUT2D eigenvalue weighted by atomic mass is 10.3. The third-order valence-corrected chi connectivity index (χ3v) is 2.13. The summed E-state index contributed by atoms with van der Waals surface area (Å²) in [5.74, 6) is 0.292. The van der Waals surface area contributed by atoms with Gasteiger partial charge in [-0.25, -0.2) is 9.78 Å². The van der Waals surface area contributed by atoms with Crippen molar-refractivity contribution in [2.45, 2.75) is 0 Å². The van der Waals surface area contributed by atoms with Crippen LogP contribution in [0.15, 0.2) is 36.7 Å². The summed E-state index contributed by atoms with van der Waals surface area (Å²) in [4.78, 5) is 19.4. The summed E-state index contributed by atoms with van der Waals surface area (Å²) in [5, 5.41) is 0.